The summed E-state index contributed by atoms with van der Waals surface area (Å²) in [6, 6.07) is 1.91. The smallest absolute Gasteiger partial charge is 0.239 e. The number of carbonyl (C=O) groups is 1. The van der Waals surface area contributed by atoms with Crippen LogP contribution in [0.1, 0.15) is 5.56 Å². The molecular weight excluding hydrogens is 194 g/mol. The molecule has 1 amide bonds. The molecule has 1 rings (SSSR count). The summed E-state index contributed by atoms with van der Waals surface area (Å²) in [6.07, 6.45) is 3.72. The van der Waals surface area contributed by atoms with Crippen LogP contribution in [0.2, 0.25) is 0 Å². The normalized spacial score (nSPS) is 10.3. The molecule has 5 heteroatoms. The van der Waals surface area contributed by atoms with E-state index >= 15 is 0 Å². The second-order valence-electron chi connectivity index (χ2n) is 3.24. The molecule has 15 heavy (non-hydrogen) atoms. The molecule has 0 bridgehead atoms. The van der Waals surface area contributed by atoms with Crippen molar-refractivity contribution in [3.05, 3.63) is 24.0 Å². The van der Waals surface area contributed by atoms with Crippen LogP contribution in [0.4, 0.5) is 0 Å². The van der Waals surface area contributed by atoms with E-state index in [1.165, 1.54) is 0 Å². The summed E-state index contributed by atoms with van der Waals surface area (Å²) >= 11 is 0. The number of amides is 1. The van der Waals surface area contributed by atoms with Gasteiger partial charge in [-0.2, -0.15) is 0 Å². The topological polar surface area (TPSA) is 69.3 Å². The Kier molecular flexibility index (Phi) is 4.86. The van der Waals surface area contributed by atoms with Gasteiger partial charge in [-0.1, -0.05) is 0 Å². The van der Waals surface area contributed by atoms with Gasteiger partial charge in [-0.3, -0.25) is 4.79 Å². The molecule has 0 saturated heterocycles. The number of hydrogen-bond donors (Lipinski definition) is 2. The minimum atomic E-state index is -0.0220. The van der Waals surface area contributed by atoms with Crippen molar-refractivity contribution in [2.45, 2.75) is 13.1 Å². The van der Waals surface area contributed by atoms with E-state index in [0.717, 1.165) is 5.56 Å². The molecule has 1 aromatic heterocycles. The zero-order valence-corrected chi connectivity index (χ0v) is 8.90. The molecule has 0 saturated carbocycles. The van der Waals surface area contributed by atoms with E-state index < -0.39 is 0 Å². The van der Waals surface area contributed by atoms with Crippen molar-refractivity contribution >= 4 is 5.91 Å². The zero-order chi connectivity index (χ0) is 11.1. The molecule has 5 nitrogen and oxygen atoms in total. The number of hydrogen-bond acceptors (Lipinski definition) is 3. The maximum atomic E-state index is 11.4. The lowest BCUT2D eigenvalue weighted by molar-refractivity contribution is -0.121. The lowest BCUT2D eigenvalue weighted by Crippen LogP contribution is -2.29. The Bertz CT molecular complexity index is 309. The first-order chi connectivity index (χ1) is 7.26. The molecule has 0 aliphatic carbocycles. The van der Waals surface area contributed by atoms with E-state index in [9.17, 15) is 4.79 Å². The number of rotatable bonds is 6. The van der Waals surface area contributed by atoms with Crippen LogP contribution in [-0.2, 0) is 22.6 Å². The summed E-state index contributed by atoms with van der Waals surface area (Å²) in [4.78, 5) is 11.4. The summed E-state index contributed by atoms with van der Waals surface area (Å²) in [5, 5.41) is 2.74. The van der Waals surface area contributed by atoms with Crippen LogP contribution in [0.15, 0.2) is 18.5 Å². The van der Waals surface area contributed by atoms with Crippen LogP contribution >= 0.6 is 0 Å². The Hall–Kier alpha value is -1.33. The number of nitrogens with two attached hydrogens (primary N) is 1. The van der Waals surface area contributed by atoms with E-state index in [2.05, 4.69) is 5.32 Å². The third-order valence-electron chi connectivity index (χ3n) is 2.00. The molecule has 1 heterocycles. The summed E-state index contributed by atoms with van der Waals surface area (Å²) in [6.45, 7) is 1.90. The maximum absolute atomic E-state index is 11.4. The van der Waals surface area contributed by atoms with Crippen molar-refractivity contribution < 1.29 is 9.53 Å². The molecule has 0 spiro atoms. The Balaban J connectivity index is 2.31. The summed E-state index contributed by atoms with van der Waals surface area (Å²) < 4.78 is 6.64. The van der Waals surface area contributed by atoms with Gasteiger partial charge in [0.05, 0.1) is 6.61 Å². The molecule has 0 atom stereocenters. The number of aromatic nitrogens is 1. The van der Waals surface area contributed by atoms with Crippen molar-refractivity contribution in [2.24, 2.45) is 5.73 Å². The first kappa shape index (κ1) is 11.7. The van der Waals surface area contributed by atoms with Gasteiger partial charge in [-0.25, -0.2) is 0 Å². The molecule has 1 aromatic rings. The van der Waals surface area contributed by atoms with Gasteiger partial charge >= 0.3 is 0 Å². The zero-order valence-electron chi connectivity index (χ0n) is 8.90. The number of methoxy groups -OCH3 is 1. The first-order valence-corrected chi connectivity index (χ1v) is 4.86. The standard InChI is InChI=1S/C10H17N3O2/c1-15-5-3-12-10(14)8-13-4-2-9(6-11)7-13/h2,4,7H,3,5-6,8,11H2,1H3,(H,12,14). The molecule has 0 aromatic carbocycles. The van der Waals surface area contributed by atoms with Crippen molar-refractivity contribution in [3.8, 4) is 0 Å². The monoisotopic (exact) mass is 211 g/mol. The summed E-state index contributed by atoms with van der Waals surface area (Å²) in [7, 11) is 1.60. The second-order valence-corrected chi connectivity index (χ2v) is 3.24. The van der Waals surface area contributed by atoms with E-state index in [1.54, 1.807) is 7.11 Å². The van der Waals surface area contributed by atoms with Gasteiger partial charge in [0.2, 0.25) is 5.91 Å². The fourth-order valence-corrected chi connectivity index (χ4v) is 1.22. The Labute approximate surface area is 89.2 Å². The first-order valence-electron chi connectivity index (χ1n) is 4.86. The summed E-state index contributed by atoms with van der Waals surface area (Å²) in [5.74, 6) is -0.0220. The van der Waals surface area contributed by atoms with E-state index in [-0.39, 0.29) is 5.91 Å². The third-order valence-corrected chi connectivity index (χ3v) is 2.00. The van der Waals surface area contributed by atoms with Crippen LogP contribution in [0.5, 0.6) is 0 Å². The number of carbonyl (C=O) groups excluding carboxylic acids is 1. The van der Waals surface area contributed by atoms with Gasteiger partial charge < -0.3 is 20.4 Å². The van der Waals surface area contributed by atoms with Gasteiger partial charge in [0.15, 0.2) is 0 Å². The van der Waals surface area contributed by atoms with Crippen molar-refractivity contribution in [1.82, 2.24) is 9.88 Å². The van der Waals surface area contributed by atoms with Crippen molar-refractivity contribution in [2.75, 3.05) is 20.3 Å². The van der Waals surface area contributed by atoms with Crippen LogP contribution in [0, 0.1) is 0 Å². The highest BCUT2D eigenvalue weighted by atomic mass is 16.5. The maximum Gasteiger partial charge on any atom is 0.239 e. The van der Waals surface area contributed by atoms with E-state index in [0.29, 0.717) is 26.2 Å². The van der Waals surface area contributed by atoms with Gasteiger partial charge in [-0.15, -0.1) is 0 Å². The fraction of sp³-hybridized carbons (Fsp3) is 0.500. The highest BCUT2D eigenvalue weighted by Gasteiger charge is 2.01. The second kappa shape index (κ2) is 6.21. The Morgan fingerprint density at radius 2 is 2.47 bits per heavy atom. The van der Waals surface area contributed by atoms with Crippen LogP contribution in [0.3, 0.4) is 0 Å². The van der Waals surface area contributed by atoms with Crippen LogP contribution in [-0.4, -0.2) is 30.7 Å². The molecule has 0 radical (unpaired) electrons. The number of nitrogens with zero attached hydrogens (tertiary/aromatic N) is 1. The van der Waals surface area contributed by atoms with Crippen molar-refractivity contribution in [3.63, 3.8) is 0 Å². The molecule has 0 fully saturated rings. The molecular formula is C10H17N3O2. The Morgan fingerprint density at radius 1 is 1.67 bits per heavy atom. The largest absolute Gasteiger partial charge is 0.383 e. The average molecular weight is 211 g/mol. The van der Waals surface area contributed by atoms with Crippen LogP contribution < -0.4 is 11.1 Å². The third kappa shape index (κ3) is 4.14. The Morgan fingerprint density at radius 3 is 3.07 bits per heavy atom. The van der Waals surface area contributed by atoms with Crippen LogP contribution in [0.25, 0.3) is 0 Å². The highest BCUT2D eigenvalue weighted by Crippen LogP contribution is 1.99. The van der Waals surface area contributed by atoms with E-state index in [1.807, 2.05) is 23.0 Å². The van der Waals surface area contributed by atoms with Crippen molar-refractivity contribution in [1.29, 1.82) is 0 Å². The van der Waals surface area contributed by atoms with Gasteiger partial charge in [0.25, 0.3) is 0 Å². The molecule has 0 aliphatic heterocycles. The molecule has 0 aliphatic rings. The summed E-state index contributed by atoms with van der Waals surface area (Å²) in [5.41, 5.74) is 6.49. The van der Waals surface area contributed by atoms with E-state index in [4.69, 9.17) is 10.5 Å². The SMILES string of the molecule is COCCNC(=O)Cn1ccc(CN)c1. The minimum absolute atomic E-state index is 0.0220. The van der Waals surface area contributed by atoms with Gasteiger partial charge in [0, 0.05) is 32.6 Å². The minimum Gasteiger partial charge on any atom is -0.383 e. The van der Waals surface area contributed by atoms with Gasteiger partial charge in [-0.05, 0) is 11.6 Å². The molecule has 0 unspecified atom stereocenters. The molecule has 84 valence electrons. The average Bonchev–Trinajstić information content (AvgIpc) is 2.66. The lowest BCUT2D eigenvalue weighted by Gasteiger charge is -2.04. The highest BCUT2D eigenvalue weighted by molar-refractivity contribution is 5.75. The predicted molar refractivity (Wildman–Crippen MR) is 57.2 cm³/mol. The fourth-order valence-electron chi connectivity index (χ4n) is 1.22. The number of nitrogens with one attached hydrogen (secondary N) is 1. The molecule has 3 N–H and O–H groups in total. The van der Waals surface area contributed by atoms with Gasteiger partial charge in [0.1, 0.15) is 6.54 Å². The number of ether oxygens (including phenoxy) is 1. The quantitative estimate of drug-likeness (QED) is 0.635. The predicted octanol–water partition coefficient (Wildman–Crippen LogP) is -0.291. The lowest BCUT2D eigenvalue weighted by atomic mass is 10.3.